The maximum atomic E-state index is 12.6. The predicted molar refractivity (Wildman–Crippen MR) is 78.7 cm³/mol. The van der Waals surface area contributed by atoms with Crippen LogP contribution in [0.5, 0.6) is 0 Å². The molecule has 0 aliphatic carbocycles. The molecule has 2 aromatic rings. The van der Waals surface area contributed by atoms with Crippen LogP contribution in [0.3, 0.4) is 0 Å². The van der Waals surface area contributed by atoms with Crippen molar-refractivity contribution in [1.29, 1.82) is 0 Å². The predicted octanol–water partition coefficient (Wildman–Crippen LogP) is 2.63. The lowest BCUT2D eigenvalue weighted by Crippen LogP contribution is -2.25. The van der Waals surface area contributed by atoms with E-state index in [-0.39, 0.29) is 9.92 Å². The molecular weight excluding hydrogens is 296 g/mol. The van der Waals surface area contributed by atoms with Gasteiger partial charge in [-0.2, -0.15) is 4.31 Å². The summed E-state index contributed by atoms with van der Waals surface area (Å²) in [6.45, 7) is 0.678. The molecule has 20 heavy (non-hydrogen) atoms. The lowest BCUT2D eigenvalue weighted by molar-refractivity contribution is 0.431. The van der Waals surface area contributed by atoms with Gasteiger partial charge < -0.3 is 5.73 Å². The zero-order valence-corrected chi connectivity index (χ0v) is 12.2. The van der Waals surface area contributed by atoms with Gasteiger partial charge >= 0.3 is 0 Å². The van der Waals surface area contributed by atoms with Crippen molar-refractivity contribution >= 4 is 27.3 Å². The fourth-order valence-corrected chi connectivity index (χ4v) is 4.24. The zero-order chi connectivity index (χ0) is 14.3. The number of rotatable bonds is 2. The van der Waals surface area contributed by atoms with Gasteiger partial charge in [0.2, 0.25) is 10.0 Å². The van der Waals surface area contributed by atoms with Gasteiger partial charge in [-0.25, -0.2) is 8.42 Å². The average molecular weight is 309 g/mol. The van der Waals surface area contributed by atoms with Crippen LogP contribution in [-0.2, 0) is 23.1 Å². The molecule has 0 saturated carbocycles. The number of hydrogen-bond acceptors (Lipinski definition) is 3. The van der Waals surface area contributed by atoms with Crippen molar-refractivity contribution in [3.05, 3.63) is 58.6 Å². The van der Waals surface area contributed by atoms with E-state index in [1.165, 1.54) is 10.4 Å². The first kappa shape index (κ1) is 13.4. The fraction of sp³-hybridized carbons (Fsp3) is 0.143. The van der Waals surface area contributed by atoms with Crippen molar-refractivity contribution in [1.82, 2.24) is 4.31 Å². The van der Waals surface area contributed by atoms with Crippen LogP contribution in [0.1, 0.15) is 11.1 Å². The summed E-state index contributed by atoms with van der Waals surface area (Å²) < 4.78 is 26.7. The second kappa shape index (κ2) is 4.77. The molecule has 2 N–H and O–H groups in total. The third-order valence-corrected chi connectivity index (χ3v) is 5.67. The highest BCUT2D eigenvalue weighted by Gasteiger charge is 2.31. The summed E-state index contributed by atoms with van der Waals surface area (Å²) in [5.74, 6) is 0. The van der Waals surface area contributed by atoms with Crippen molar-refractivity contribution < 1.29 is 8.42 Å². The van der Waals surface area contributed by atoms with E-state index in [1.807, 2.05) is 12.1 Å². The Hall–Kier alpha value is -1.56. The van der Waals surface area contributed by atoms with Crippen LogP contribution >= 0.6 is 11.6 Å². The molecule has 0 aromatic heterocycles. The van der Waals surface area contributed by atoms with Crippen molar-refractivity contribution in [2.24, 2.45) is 0 Å². The van der Waals surface area contributed by atoms with Crippen LogP contribution in [-0.4, -0.2) is 12.7 Å². The monoisotopic (exact) mass is 308 g/mol. The Bertz CT molecular complexity index is 774. The van der Waals surface area contributed by atoms with E-state index < -0.39 is 10.0 Å². The number of benzene rings is 2. The van der Waals surface area contributed by atoms with E-state index >= 15 is 0 Å². The Kier molecular flexibility index (Phi) is 3.20. The summed E-state index contributed by atoms with van der Waals surface area (Å²) in [4.78, 5) is 0.141. The Morgan fingerprint density at radius 1 is 1.05 bits per heavy atom. The zero-order valence-electron chi connectivity index (χ0n) is 10.6. The molecule has 4 nitrogen and oxygen atoms in total. The number of fused-ring (bicyclic) bond motifs is 1. The summed E-state index contributed by atoms with van der Waals surface area (Å²) in [6.07, 6.45) is 0. The van der Waals surface area contributed by atoms with Gasteiger partial charge in [-0.05, 0) is 35.4 Å². The van der Waals surface area contributed by atoms with Gasteiger partial charge in [0.1, 0.15) is 4.90 Å². The Morgan fingerprint density at radius 2 is 1.75 bits per heavy atom. The largest absolute Gasteiger partial charge is 0.399 e. The molecule has 6 heteroatoms. The van der Waals surface area contributed by atoms with Crippen LogP contribution in [0.2, 0.25) is 5.02 Å². The van der Waals surface area contributed by atoms with Gasteiger partial charge in [0.25, 0.3) is 0 Å². The topological polar surface area (TPSA) is 63.4 Å². The van der Waals surface area contributed by atoms with Crippen LogP contribution in [0.25, 0.3) is 0 Å². The molecule has 0 radical (unpaired) electrons. The van der Waals surface area contributed by atoms with E-state index in [0.29, 0.717) is 18.8 Å². The minimum absolute atomic E-state index is 0.141. The third-order valence-electron chi connectivity index (χ3n) is 3.38. The molecule has 3 rings (SSSR count). The lowest BCUT2D eigenvalue weighted by Gasteiger charge is -2.16. The Morgan fingerprint density at radius 3 is 2.50 bits per heavy atom. The van der Waals surface area contributed by atoms with Gasteiger partial charge in [-0.1, -0.05) is 29.8 Å². The van der Waals surface area contributed by atoms with Crippen LogP contribution < -0.4 is 5.73 Å². The van der Waals surface area contributed by atoms with Gasteiger partial charge in [0, 0.05) is 18.8 Å². The highest BCUT2D eigenvalue weighted by molar-refractivity contribution is 7.89. The standard InChI is InChI=1S/C14H13ClN2O2S/c15-13-3-1-2-4-14(13)20(18,19)17-8-10-5-6-12(16)7-11(10)9-17/h1-7H,8-9,16H2. The van der Waals surface area contributed by atoms with Gasteiger partial charge in [-0.15, -0.1) is 0 Å². The molecule has 2 aromatic carbocycles. The molecular formula is C14H13ClN2O2S. The summed E-state index contributed by atoms with van der Waals surface area (Å²) in [7, 11) is -3.59. The number of hydrogen-bond donors (Lipinski definition) is 1. The number of nitrogen functional groups attached to an aromatic ring is 1. The number of sulfonamides is 1. The van der Waals surface area contributed by atoms with E-state index in [2.05, 4.69) is 0 Å². The SMILES string of the molecule is Nc1ccc2c(c1)CN(S(=O)(=O)c1ccccc1Cl)C2. The first-order valence-electron chi connectivity index (χ1n) is 6.10. The number of nitrogens with zero attached hydrogens (tertiary/aromatic N) is 1. The van der Waals surface area contributed by atoms with E-state index in [4.69, 9.17) is 17.3 Å². The maximum Gasteiger partial charge on any atom is 0.245 e. The molecule has 0 fully saturated rings. The first-order chi connectivity index (χ1) is 9.48. The summed E-state index contributed by atoms with van der Waals surface area (Å²) in [5.41, 5.74) is 8.30. The van der Waals surface area contributed by atoms with Crippen molar-refractivity contribution in [2.75, 3.05) is 5.73 Å². The molecule has 0 unspecified atom stereocenters. The molecule has 0 saturated heterocycles. The first-order valence-corrected chi connectivity index (χ1v) is 7.92. The normalized spacial score (nSPS) is 15.2. The summed E-state index contributed by atoms with van der Waals surface area (Å²) in [5, 5.41) is 0.239. The quantitative estimate of drug-likeness (QED) is 0.867. The van der Waals surface area contributed by atoms with E-state index in [0.717, 1.165) is 11.1 Å². The molecule has 1 aliphatic rings. The fourth-order valence-electron chi connectivity index (χ4n) is 2.35. The Labute approximate surface area is 122 Å². The van der Waals surface area contributed by atoms with Gasteiger partial charge in [0.05, 0.1) is 5.02 Å². The number of halogens is 1. The van der Waals surface area contributed by atoms with Crippen LogP contribution in [0.15, 0.2) is 47.4 Å². The second-order valence-electron chi connectivity index (χ2n) is 4.73. The third kappa shape index (κ3) is 2.18. The van der Waals surface area contributed by atoms with E-state index in [1.54, 1.807) is 24.3 Å². The van der Waals surface area contributed by atoms with Crippen molar-refractivity contribution in [2.45, 2.75) is 18.0 Å². The second-order valence-corrected chi connectivity index (χ2v) is 7.05. The van der Waals surface area contributed by atoms with Crippen molar-refractivity contribution in [3.8, 4) is 0 Å². The number of anilines is 1. The maximum absolute atomic E-state index is 12.6. The van der Waals surface area contributed by atoms with E-state index in [9.17, 15) is 8.42 Å². The lowest BCUT2D eigenvalue weighted by atomic mass is 10.1. The van der Waals surface area contributed by atoms with Gasteiger partial charge in [0.15, 0.2) is 0 Å². The van der Waals surface area contributed by atoms with Gasteiger partial charge in [-0.3, -0.25) is 0 Å². The molecule has 0 amide bonds. The highest BCUT2D eigenvalue weighted by atomic mass is 35.5. The highest BCUT2D eigenvalue weighted by Crippen LogP contribution is 2.32. The minimum atomic E-state index is -3.59. The molecule has 104 valence electrons. The molecule has 0 atom stereocenters. The van der Waals surface area contributed by atoms with Crippen LogP contribution in [0, 0.1) is 0 Å². The van der Waals surface area contributed by atoms with Crippen LogP contribution in [0.4, 0.5) is 5.69 Å². The molecule has 0 bridgehead atoms. The minimum Gasteiger partial charge on any atom is -0.399 e. The molecule has 0 spiro atoms. The van der Waals surface area contributed by atoms with Crippen molar-refractivity contribution in [3.63, 3.8) is 0 Å². The average Bonchev–Trinajstić information content (AvgIpc) is 2.82. The molecule has 1 heterocycles. The summed E-state index contributed by atoms with van der Waals surface area (Å²) >= 11 is 6.00. The Balaban J connectivity index is 1.98. The smallest absolute Gasteiger partial charge is 0.245 e. The number of nitrogens with two attached hydrogens (primary N) is 1. The summed E-state index contributed by atoms with van der Waals surface area (Å²) in [6, 6.07) is 11.9. The molecule has 1 aliphatic heterocycles.